The summed E-state index contributed by atoms with van der Waals surface area (Å²) in [6, 6.07) is 7.03. The molecular formula is C15H23NO3S. The number of piperidine rings is 1. The molecule has 1 saturated heterocycles. The molecule has 1 heterocycles. The molecule has 1 aromatic carbocycles. The van der Waals surface area contributed by atoms with Crippen molar-refractivity contribution in [2.75, 3.05) is 19.7 Å². The van der Waals surface area contributed by atoms with E-state index in [1.54, 1.807) is 16.4 Å². The topological polar surface area (TPSA) is 46.6 Å². The molecule has 0 N–H and O–H groups in total. The van der Waals surface area contributed by atoms with Gasteiger partial charge >= 0.3 is 0 Å². The van der Waals surface area contributed by atoms with Gasteiger partial charge in [-0.15, -0.1) is 0 Å². The number of hydrogen-bond donors (Lipinski definition) is 0. The van der Waals surface area contributed by atoms with Gasteiger partial charge in [0, 0.05) is 19.7 Å². The van der Waals surface area contributed by atoms with Crippen LogP contribution in [0, 0.1) is 6.92 Å². The van der Waals surface area contributed by atoms with Crippen molar-refractivity contribution >= 4 is 10.0 Å². The Morgan fingerprint density at radius 1 is 1.30 bits per heavy atom. The lowest BCUT2D eigenvalue weighted by Gasteiger charge is -2.31. The summed E-state index contributed by atoms with van der Waals surface area (Å²) in [5.74, 6) is 0. The van der Waals surface area contributed by atoms with E-state index in [4.69, 9.17) is 4.74 Å². The van der Waals surface area contributed by atoms with Crippen LogP contribution in [0.15, 0.2) is 29.2 Å². The highest BCUT2D eigenvalue weighted by molar-refractivity contribution is 7.89. The highest BCUT2D eigenvalue weighted by atomic mass is 32.2. The molecule has 0 radical (unpaired) electrons. The Bertz CT molecular complexity index is 525. The lowest BCUT2D eigenvalue weighted by molar-refractivity contribution is 0.0193. The molecule has 0 aromatic heterocycles. The predicted molar refractivity (Wildman–Crippen MR) is 79.2 cm³/mol. The van der Waals surface area contributed by atoms with Crippen molar-refractivity contribution in [1.29, 1.82) is 0 Å². The lowest BCUT2D eigenvalue weighted by Crippen LogP contribution is -2.43. The van der Waals surface area contributed by atoms with Crippen LogP contribution in [0.1, 0.15) is 31.7 Å². The molecule has 0 aliphatic carbocycles. The summed E-state index contributed by atoms with van der Waals surface area (Å²) in [5, 5.41) is 0. The lowest BCUT2D eigenvalue weighted by atomic mass is 10.1. The van der Waals surface area contributed by atoms with Crippen LogP contribution >= 0.6 is 0 Å². The van der Waals surface area contributed by atoms with Gasteiger partial charge in [-0.1, -0.05) is 24.6 Å². The molecule has 1 unspecified atom stereocenters. The summed E-state index contributed by atoms with van der Waals surface area (Å²) in [6.45, 7) is 5.76. The fourth-order valence-electron chi connectivity index (χ4n) is 2.40. The van der Waals surface area contributed by atoms with Gasteiger partial charge in [-0.05, 0) is 38.3 Å². The van der Waals surface area contributed by atoms with Crippen LogP contribution in [0.25, 0.3) is 0 Å². The molecule has 2 rings (SSSR count). The third-order valence-corrected chi connectivity index (χ3v) is 5.44. The first-order valence-electron chi connectivity index (χ1n) is 7.22. The van der Waals surface area contributed by atoms with Gasteiger partial charge in [-0.2, -0.15) is 4.31 Å². The summed E-state index contributed by atoms with van der Waals surface area (Å²) in [7, 11) is -3.38. The zero-order valence-corrected chi connectivity index (χ0v) is 13.0. The minimum atomic E-state index is -3.38. The van der Waals surface area contributed by atoms with Crippen molar-refractivity contribution in [3.63, 3.8) is 0 Å². The Balaban J connectivity index is 2.10. The van der Waals surface area contributed by atoms with Gasteiger partial charge in [0.15, 0.2) is 0 Å². The molecule has 20 heavy (non-hydrogen) atoms. The normalized spacial score (nSPS) is 21.0. The zero-order valence-electron chi connectivity index (χ0n) is 12.2. The molecule has 1 aromatic rings. The first-order valence-corrected chi connectivity index (χ1v) is 8.66. The number of sulfonamides is 1. The van der Waals surface area contributed by atoms with Crippen LogP contribution in [0.3, 0.4) is 0 Å². The van der Waals surface area contributed by atoms with Crippen molar-refractivity contribution in [2.45, 2.75) is 44.1 Å². The number of nitrogens with zero attached hydrogens (tertiary/aromatic N) is 1. The first-order chi connectivity index (χ1) is 9.54. The van der Waals surface area contributed by atoms with Gasteiger partial charge in [0.05, 0.1) is 11.0 Å². The highest BCUT2D eigenvalue weighted by Gasteiger charge is 2.30. The van der Waals surface area contributed by atoms with Gasteiger partial charge in [-0.25, -0.2) is 8.42 Å². The first kappa shape index (κ1) is 15.5. The zero-order chi connectivity index (χ0) is 14.6. The summed E-state index contributed by atoms with van der Waals surface area (Å²) >= 11 is 0. The average molecular weight is 297 g/mol. The Kier molecular flexibility index (Phi) is 5.18. The molecule has 1 aliphatic heterocycles. The van der Waals surface area contributed by atoms with Crippen molar-refractivity contribution in [2.24, 2.45) is 0 Å². The van der Waals surface area contributed by atoms with Crippen LogP contribution in [0.4, 0.5) is 0 Å². The summed E-state index contributed by atoms with van der Waals surface area (Å²) in [4.78, 5) is 0.374. The summed E-state index contributed by atoms with van der Waals surface area (Å²) in [5.41, 5.74) is 1.06. The molecule has 0 bridgehead atoms. The monoisotopic (exact) mass is 297 g/mol. The Labute approximate surface area is 121 Å². The minimum absolute atomic E-state index is 0.0314. The number of aryl methyl sites for hydroxylation is 1. The summed E-state index contributed by atoms with van der Waals surface area (Å²) in [6.07, 6.45) is 2.80. The maximum atomic E-state index is 12.6. The highest BCUT2D eigenvalue weighted by Crippen LogP contribution is 2.22. The van der Waals surface area contributed by atoms with Crippen LogP contribution < -0.4 is 0 Å². The fourth-order valence-corrected chi connectivity index (χ4v) is 3.91. The van der Waals surface area contributed by atoms with E-state index in [0.717, 1.165) is 24.8 Å². The average Bonchev–Trinajstić information content (AvgIpc) is 2.46. The largest absolute Gasteiger partial charge is 0.377 e. The molecule has 112 valence electrons. The number of benzene rings is 1. The van der Waals surface area contributed by atoms with Crippen LogP contribution in [0.5, 0.6) is 0 Å². The Morgan fingerprint density at radius 3 is 2.65 bits per heavy atom. The predicted octanol–water partition coefficient (Wildman–Crippen LogP) is 2.57. The third kappa shape index (κ3) is 3.59. The van der Waals surface area contributed by atoms with Crippen molar-refractivity contribution < 1.29 is 13.2 Å². The fraction of sp³-hybridized carbons (Fsp3) is 0.600. The minimum Gasteiger partial charge on any atom is -0.377 e. The van der Waals surface area contributed by atoms with E-state index >= 15 is 0 Å². The van der Waals surface area contributed by atoms with Gasteiger partial charge in [0.1, 0.15) is 0 Å². The molecular weight excluding hydrogens is 274 g/mol. The Hall–Kier alpha value is -0.910. The number of hydrogen-bond acceptors (Lipinski definition) is 3. The van der Waals surface area contributed by atoms with Gasteiger partial charge in [-0.3, -0.25) is 0 Å². The second kappa shape index (κ2) is 6.70. The molecule has 0 spiro atoms. The molecule has 1 aliphatic rings. The number of rotatable bonds is 5. The van der Waals surface area contributed by atoms with Gasteiger partial charge in [0.2, 0.25) is 10.0 Å². The van der Waals surface area contributed by atoms with E-state index in [2.05, 4.69) is 6.92 Å². The van der Waals surface area contributed by atoms with E-state index in [1.807, 2.05) is 19.1 Å². The van der Waals surface area contributed by atoms with E-state index in [0.29, 0.717) is 24.6 Å². The van der Waals surface area contributed by atoms with Gasteiger partial charge in [0.25, 0.3) is 0 Å². The van der Waals surface area contributed by atoms with Crippen LogP contribution in [-0.4, -0.2) is 38.5 Å². The van der Waals surface area contributed by atoms with Crippen LogP contribution in [-0.2, 0) is 14.8 Å². The number of ether oxygens (including phenoxy) is 1. The second-order valence-electron chi connectivity index (χ2n) is 5.31. The molecule has 5 heteroatoms. The standard InChI is InChI=1S/C15H23NO3S/c1-3-11-19-14-5-4-10-16(12-14)20(17,18)15-8-6-13(2)7-9-15/h6-9,14H,3-5,10-12H2,1-2H3. The molecule has 0 amide bonds. The quantitative estimate of drug-likeness (QED) is 0.839. The van der Waals surface area contributed by atoms with E-state index in [1.165, 1.54) is 0 Å². The van der Waals surface area contributed by atoms with Crippen molar-refractivity contribution in [3.05, 3.63) is 29.8 Å². The van der Waals surface area contributed by atoms with Crippen molar-refractivity contribution in [1.82, 2.24) is 4.31 Å². The SMILES string of the molecule is CCCOC1CCCN(S(=O)(=O)c2ccc(C)cc2)C1. The molecule has 0 saturated carbocycles. The summed E-state index contributed by atoms with van der Waals surface area (Å²) < 4.78 is 32.4. The Morgan fingerprint density at radius 2 is 2.00 bits per heavy atom. The third-order valence-electron chi connectivity index (χ3n) is 3.56. The smallest absolute Gasteiger partial charge is 0.243 e. The van der Waals surface area contributed by atoms with Crippen LogP contribution in [0.2, 0.25) is 0 Å². The second-order valence-corrected chi connectivity index (χ2v) is 7.25. The van der Waals surface area contributed by atoms with E-state index in [9.17, 15) is 8.42 Å². The van der Waals surface area contributed by atoms with Gasteiger partial charge < -0.3 is 4.74 Å². The van der Waals surface area contributed by atoms with Crippen molar-refractivity contribution in [3.8, 4) is 0 Å². The maximum Gasteiger partial charge on any atom is 0.243 e. The van der Waals surface area contributed by atoms with E-state index in [-0.39, 0.29) is 6.10 Å². The maximum absolute atomic E-state index is 12.6. The molecule has 1 fully saturated rings. The molecule has 4 nitrogen and oxygen atoms in total. The molecule has 1 atom stereocenters. The van der Waals surface area contributed by atoms with E-state index < -0.39 is 10.0 Å².